The van der Waals surface area contributed by atoms with E-state index in [9.17, 15) is 4.79 Å². The van der Waals surface area contributed by atoms with E-state index in [4.69, 9.17) is 0 Å². The van der Waals surface area contributed by atoms with Crippen molar-refractivity contribution >= 4 is 5.78 Å². The van der Waals surface area contributed by atoms with E-state index in [0.717, 1.165) is 36.1 Å². The van der Waals surface area contributed by atoms with Crippen molar-refractivity contribution in [3.8, 4) is 0 Å². The molecule has 0 spiro atoms. The molecule has 0 amide bonds. The molecule has 0 unspecified atom stereocenters. The highest BCUT2D eigenvalue weighted by molar-refractivity contribution is 6.09. The molecule has 0 fully saturated rings. The quantitative estimate of drug-likeness (QED) is 0.733. The van der Waals surface area contributed by atoms with Crippen LogP contribution in [-0.2, 0) is 0 Å². The Bertz CT molecular complexity index is 718. The number of nitrogens with one attached hydrogen (secondary N) is 1. The van der Waals surface area contributed by atoms with Gasteiger partial charge in [-0.3, -0.25) is 4.79 Å². The lowest BCUT2D eigenvalue weighted by Crippen LogP contribution is -2.23. The van der Waals surface area contributed by atoms with Crippen LogP contribution in [0.1, 0.15) is 55.1 Å². The molecule has 2 aromatic carbocycles. The van der Waals surface area contributed by atoms with Crippen LogP contribution >= 0.6 is 0 Å². The first kappa shape index (κ1) is 16.5. The minimum atomic E-state index is 0.175. The van der Waals surface area contributed by atoms with Gasteiger partial charge in [-0.2, -0.15) is 0 Å². The second-order valence-electron chi connectivity index (χ2n) is 6.51. The highest BCUT2D eigenvalue weighted by atomic mass is 16.1. The zero-order valence-corrected chi connectivity index (χ0v) is 14.5. The summed E-state index contributed by atoms with van der Waals surface area (Å²) in [7, 11) is 0. The summed E-state index contributed by atoms with van der Waals surface area (Å²) in [5.74, 6) is 0.633. The number of carbonyl (C=O) groups is 1. The van der Waals surface area contributed by atoms with Crippen LogP contribution in [0.3, 0.4) is 0 Å². The van der Waals surface area contributed by atoms with Crippen molar-refractivity contribution in [2.75, 3.05) is 0 Å². The van der Waals surface area contributed by atoms with Gasteiger partial charge in [0.25, 0.3) is 0 Å². The Balaban J connectivity index is 1.89. The summed E-state index contributed by atoms with van der Waals surface area (Å²) in [5.41, 5.74) is 4.16. The fourth-order valence-corrected chi connectivity index (χ4v) is 3.52. The van der Waals surface area contributed by atoms with E-state index in [0.29, 0.717) is 5.92 Å². The third-order valence-corrected chi connectivity index (χ3v) is 4.95. The number of carbonyl (C=O) groups excluding carboxylic acids is 1. The molecule has 2 nitrogen and oxygen atoms in total. The molecule has 1 aliphatic carbocycles. The second kappa shape index (κ2) is 7.48. The predicted molar refractivity (Wildman–Crippen MR) is 98.8 cm³/mol. The first-order chi connectivity index (χ1) is 11.7. The molecule has 0 aromatic heterocycles. The smallest absolute Gasteiger partial charge is 0.190 e. The molecule has 0 saturated carbocycles. The normalized spacial score (nSPS) is 18.5. The maximum Gasteiger partial charge on any atom is 0.190 e. The molecule has 2 heteroatoms. The lowest BCUT2D eigenvalue weighted by Gasteiger charge is -2.22. The van der Waals surface area contributed by atoms with Crippen molar-refractivity contribution in [1.29, 1.82) is 0 Å². The van der Waals surface area contributed by atoms with Crippen molar-refractivity contribution < 1.29 is 4.79 Å². The Kier molecular flexibility index (Phi) is 5.14. The minimum Gasteiger partial charge on any atom is -0.381 e. The molecule has 0 bridgehead atoms. The SMILES string of the molecule is CC[C@H]1CCC(C(=O)c2ccccc2)=C1N[C@H](C)c1ccccc1. The first-order valence-corrected chi connectivity index (χ1v) is 8.85. The topological polar surface area (TPSA) is 29.1 Å². The zero-order chi connectivity index (χ0) is 16.9. The van der Waals surface area contributed by atoms with Crippen molar-refractivity contribution in [1.82, 2.24) is 5.32 Å². The highest BCUT2D eigenvalue weighted by Crippen LogP contribution is 2.35. The molecule has 3 rings (SSSR count). The molecule has 0 heterocycles. The van der Waals surface area contributed by atoms with Crippen LogP contribution in [0.2, 0.25) is 0 Å². The molecule has 2 aromatic rings. The third-order valence-electron chi connectivity index (χ3n) is 4.95. The molecule has 0 saturated heterocycles. The van der Waals surface area contributed by atoms with Gasteiger partial charge in [0.2, 0.25) is 0 Å². The molecule has 124 valence electrons. The Morgan fingerprint density at radius 2 is 1.71 bits per heavy atom. The van der Waals surface area contributed by atoms with Gasteiger partial charge in [0.05, 0.1) is 0 Å². The fourth-order valence-electron chi connectivity index (χ4n) is 3.52. The van der Waals surface area contributed by atoms with Gasteiger partial charge < -0.3 is 5.32 Å². The number of rotatable bonds is 6. The van der Waals surface area contributed by atoms with Gasteiger partial charge >= 0.3 is 0 Å². The lowest BCUT2D eigenvalue weighted by atomic mass is 9.99. The Morgan fingerprint density at radius 3 is 2.33 bits per heavy atom. The maximum atomic E-state index is 12.9. The molecule has 1 aliphatic rings. The van der Waals surface area contributed by atoms with Crippen LogP contribution in [0.4, 0.5) is 0 Å². The number of hydrogen-bond donors (Lipinski definition) is 1. The summed E-state index contributed by atoms with van der Waals surface area (Å²) < 4.78 is 0. The Morgan fingerprint density at radius 1 is 1.08 bits per heavy atom. The van der Waals surface area contributed by atoms with Gasteiger partial charge in [-0.15, -0.1) is 0 Å². The van der Waals surface area contributed by atoms with Crippen LogP contribution in [0.5, 0.6) is 0 Å². The molecule has 24 heavy (non-hydrogen) atoms. The monoisotopic (exact) mass is 319 g/mol. The van der Waals surface area contributed by atoms with Gasteiger partial charge in [-0.1, -0.05) is 67.6 Å². The second-order valence-corrected chi connectivity index (χ2v) is 6.51. The summed E-state index contributed by atoms with van der Waals surface area (Å²) in [6, 6.07) is 20.2. The van der Waals surface area contributed by atoms with Crippen molar-refractivity contribution in [2.24, 2.45) is 5.92 Å². The number of ketones is 1. The average molecular weight is 319 g/mol. The van der Waals surface area contributed by atoms with E-state index < -0.39 is 0 Å². The van der Waals surface area contributed by atoms with Crippen LogP contribution in [-0.4, -0.2) is 5.78 Å². The van der Waals surface area contributed by atoms with Crippen molar-refractivity contribution in [3.63, 3.8) is 0 Å². The number of benzene rings is 2. The fraction of sp³-hybridized carbons (Fsp3) is 0.318. The number of allylic oxidation sites excluding steroid dienone is 2. The van der Waals surface area contributed by atoms with Gasteiger partial charge in [0, 0.05) is 22.9 Å². The Hall–Kier alpha value is -2.35. The molecule has 0 aliphatic heterocycles. The van der Waals surface area contributed by atoms with Crippen LogP contribution in [0, 0.1) is 5.92 Å². The summed E-state index contributed by atoms with van der Waals surface area (Å²) >= 11 is 0. The van der Waals surface area contributed by atoms with E-state index in [1.54, 1.807) is 0 Å². The third kappa shape index (κ3) is 3.43. The maximum absolute atomic E-state index is 12.9. The zero-order valence-electron chi connectivity index (χ0n) is 14.5. The highest BCUT2D eigenvalue weighted by Gasteiger charge is 2.29. The van der Waals surface area contributed by atoms with Crippen molar-refractivity contribution in [2.45, 2.75) is 39.2 Å². The van der Waals surface area contributed by atoms with E-state index >= 15 is 0 Å². The summed E-state index contributed by atoms with van der Waals surface area (Å²) in [6.45, 7) is 4.37. The molecular formula is C22H25NO. The first-order valence-electron chi connectivity index (χ1n) is 8.85. The summed E-state index contributed by atoms with van der Waals surface area (Å²) in [5, 5.41) is 3.66. The molecule has 2 atom stereocenters. The minimum absolute atomic E-state index is 0.175. The van der Waals surface area contributed by atoms with Crippen LogP contribution in [0.25, 0.3) is 0 Å². The van der Waals surface area contributed by atoms with Gasteiger partial charge in [0.1, 0.15) is 0 Å². The number of hydrogen-bond acceptors (Lipinski definition) is 2. The van der Waals surface area contributed by atoms with Crippen molar-refractivity contribution in [3.05, 3.63) is 83.1 Å². The van der Waals surface area contributed by atoms with Crippen LogP contribution < -0.4 is 5.32 Å². The standard InChI is InChI=1S/C22H25NO/c1-3-17-14-15-20(22(24)19-12-8-5-9-13-19)21(17)23-16(2)18-10-6-4-7-11-18/h4-13,16-17,23H,3,14-15H2,1-2H3/t16-,17+/m1/s1. The van der Waals surface area contributed by atoms with E-state index in [1.807, 2.05) is 36.4 Å². The van der Waals surface area contributed by atoms with E-state index in [1.165, 1.54) is 5.56 Å². The number of Topliss-reactive ketones (excluding diaryl/α,β-unsaturated/α-hetero) is 1. The van der Waals surface area contributed by atoms with Gasteiger partial charge in [-0.25, -0.2) is 0 Å². The predicted octanol–water partition coefficient (Wildman–Crippen LogP) is 5.29. The summed E-state index contributed by atoms with van der Waals surface area (Å²) in [6.07, 6.45) is 3.00. The van der Waals surface area contributed by atoms with Crippen LogP contribution in [0.15, 0.2) is 71.9 Å². The largest absolute Gasteiger partial charge is 0.381 e. The van der Waals surface area contributed by atoms with E-state index in [2.05, 4.69) is 43.4 Å². The lowest BCUT2D eigenvalue weighted by molar-refractivity contribution is 0.103. The van der Waals surface area contributed by atoms with Gasteiger partial charge in [-0.05, 0) is 37.7 Å². The summed E-state index contributed by atoms with van der Waals surface area (Å²) in [4.78, 5) is 12.9. The average Bonchev–Trinajstić information content (AvgIpc) is 3.05. The molecule has 1 N–H and O–H groups in total. The Labute approximate surface area is 144 Å². The van der Waals surface area contributed by atoms with Gasteiger partial charge in [0.15, 0.2) is 5.78 Å². The van der Waals surface area contributed by atoms with E-state index in [-0.39, 0.29) is 11.8 Å². The molecular weight excluding hydrogens is 294 g/mol. The molecule has 0 radical (unpaired) electrons.